The van der Waals surface area contributed by atoms with Gasteiger partial charge in [0.05, 0.1) is 0 Å². The Hall–Kier alpha value is -3.15. The van der Waals surface area contributed by atoms with Crippen molar-refractivity contribution in [2.45, 2.75) is 19.4 Å². The minimum Gasteiger partial charge on any atom is -0.487 e. The van der Waals surface area contributed by atoms with Gasteiger partial charge in [0.15, 0.2) is 0 Å². The Bertz CT molecular complexity index is 1000. The number of piperidine rings is 1. The molecule has 0 atom stereocenters. The van der Waals surface area contributed by atoms with Crippen LogP contribution in [0, 0.1) is 11.7 Å². The van der Waals surface area contributed by atoms with Crippen molar-refractivity contribution in [3.8, 4) is 5.75 Å². The standard InChI is InChI=1S/C22H22FN3O2/c23-18-5-1-3-15(13-18)14-28-19-6-2-4-16-7-8-20(25-21(16)19)26-11-9-17(10-12-26)22(24)27/h1-8,13,17H,9-12,14H2,(H2,24,27). The molecule has 3 aromatic rings. The Morgan fingerprint density at radius 2 is 1.93 bits per heavy atom. The maximum Gasteiger partial charge on any atom is 0.220 e. The van der Waals surface area contributed by atoms with Gasteiger partial charge in [0.2, 0.25) is 5.91 Å². The first-order valence-electron chi connectivity index (χ1n) is 9.41. The fourth-order valence-electron chi connectivity index (χ4n) is 3.58. The number of ether oxygens (including phenoxy) is 1. The van der Waals surface area contributed by atoms with Gasteiger partial charge in [-0.1, -0.05) is 24.3 Å². The monoisotopic (exact) mass is 379 g/mol. The molecule has 0 saturated carbocycles. The number of primary amides is 1. The van der Waals surface area contributed by atoms with Gasteiger partial charge in [-0.3, -0.25) is 4.79 Å². The van der Waals surface area contributed by atoms with Crippen molar-refractivity contribution in [1.29, 1.82) is 0 Å². The number of nitrogens with zero attached hydrogens (tertiary/aromatic N) is 2. The molecule has 2 aromatic carbocycles. The van der Waals surface area contributed by atoms with Crippen LogP contribution in [0.25, 0.3) is 10.9 Å². The zero-order chi connectivity index (χ0) is 19.5. The predicted octanol–water partition coefficient (Wildman–Crippen LogP) is 3.65. The fourth-order valence-corrected chi connectivity index (χ4v) is 3.58. The predicted molar refractivity (Wildman–Crippen MR) is 107 cm³/mol. The number of amides is 1. The third-order valence-corrected chi connectivity index (χ3v) is 5.17. The van der Waals surface area contributed by atoms with Crippen molar-refractivity contribution in [2.24, 2.45) is 11.7 Å². The summed E-state index contributed by atoms with van der Waals surface area (Å²) in [5.41, 5.74) is 6.96. The molecule has 6 heteroatoms. The van der Waals surface area contributed by atoms with Crippen LogP contribution in [0.5, 0.6) is 5.75 Å². The second kappa shape index (κ2) is 7.84. The summed E-state index contributed by atoms with van der Waals surface area (Å²) in [7, 11) is 0. The van der Waals surface area contributed by atoms with Crippen LogP contribution in [-0.4, -0.2) is 24.0 Å². The third kappa shape index (κ3) is 3.91. The minimum absolute atomic E-state index is 0.0538. The summed E-state index contributed by atoms with van der Waals surface area (Å²) in [6.07, 6.45) is 1.49. The largest absolute Gasteiger partial charge is 0.487 e. The Morgan fingerprint density at radius 3 is 2.68 bits per heavy atom. The molecule has 1 aromatic heterocycles. The molecule has 1 saturated heterocycles. The molecule has 1 aliphatic heterocycles. The van der Waals surface area contributed by atoms with E-state index in [0.717, 1.165) is 48.2 Å². The number of fused-ring (bicyclic) bond motifs is 1. The number of hydrogen-bond acceptors (Lipinski definition) is 4. The van der Waals surface area contributed by atoms with E-state index in [2.05, 4.69) is 4.90 Å². The van der Waals surface area contributed by atoms with Gasteiger partial charge in [-0.25, -0.2) is 9.37 Å². The molecule has 2 heterocycles. The number of carbonyl (C=O) groups is 1. The number of pyridine rings is 1. The topological polar surface area (TPSA) is 68.5 Å². The summed E-state index contributed by atoms with van der Waals surface area (Å²) < 4.78 is 19.3. The molecule has 0 aliphatic carbocycles. The van der Waals surface area contributed by atoms with Crippen molar-refractivity contribution >= 4 is 22.6 Å². The Balaban J connectivity index is 1.55. The molecular formula is C22H22FN3O2. The highest BCUT2D eigenvalue weighted by Crippen LogP contribution is 2.29. The Labute approximate surface area is 162 Å². The van der Waals surface area contributed by atoms with Crippen LogP contribution in [0.4, 0.5) is 10.2 Å². The van der Waals surface area contributed by atoms with Crippen LogP contribution in [-0.2, 0) is 11.4 Å². The van der Waals surface area contributed by atoms with E-state index in [1.54, 1.807) is 6.07 Å². The van der Waals surface area contributed by atoms with Gasteiger partial charge < -0.3 is 15.4 Å². The van der Waals surface area contributed by atoms with Gasteiger partial charge in [0, 0.05) is 24.4 Å². The van der Waals surface area contributed by atoms with Crippen molar-refractivity contribution in [1.82, 2.24) is 4.98 Å². The van der Waals surface area contributed by atoms with Crippen molar-refractivity contribution in [2.75, 3.05) is 18.0 Å². The lowest BCUT2D eigenvalue weighted by Crippen LogP contribution is -2.38. The van der Waals surface area contributed by atoms with Gasteiger partial charge >= 0.3 is 0 Å². The summed E-state index contributed by atoms with van der Waals surface area (Å²) in [4.78, 5) is 18.4. The van der Waals surface area contributed by atoms with Crippen LogP contribution in [0.2, 0.25) is 0 Å². The second-order valence-corrected chi connectivity index (χ2v) is 7.08. The first-order chi connectivity index (χ1) is 13.6. The van der Waals surface area contributed by atoms with Crippen LogP contribution in [0.3, 0.4) is 0 Å². The maximum absolute atomic E-state index is 13.4. The molecule has 4 rings (SSSR count). The van der Waals surface area contributed by atoms with E-state index >= 15 is 0 Å². The summed E-state index contributed by atoms with van der Waals surface area (Å²) in [5, 5.41) is 0.979. The lowest BCUT2D eigenvalue weighted by atomic mass is 9.96. The number of rotatable bonds is 5. The number of para-hydroxylation sites is 1. The van der Waals surface area contributed by atoms with Gasteiger partial charge in [0.1, 0.15) is 29.5 Å². The minimum atomic E-state index is -0.279. The van der Waals surface area contributed by atoms with E-state index in [4.69, 9.17) is 15.5 Å². The second-order valence-electron chi connectivity index (χ2n) is 7.08. The van der Waals surface area contributed by atoms with E-state index in [-0.39, 0.29) is 24.2 Å². The molecule has 1 fully saturated rings. The fraction of sp³-hybridized carbons (Fsp3) is 0.273. The quantitative estimate of drug-likeness (QED) is 0.735. The SMILES string of the molecule is NC(=O)C1CCN(c2ccc3cccc(OCc4cccc(F)c4)c3n2)CC1. The third-order valence-electron chi connectivity index (χ3n) is 5.17. The van der Waals surface area contributed by atoms with Gasteiger partial charge in [-0.05, 0) is 48.7 Å². The average molecular weight is 379 g/mol. The summed E-state index contributed by atoms with van der Waals surface area (Å²) in [6.45, 7) is 1.77. The smallest absolute Gasteiger partial charge is 0.220 e. The number of hydrogen-bond donors (Lipinski definition) is 1. The lowest BCUT2D eigenvalue weighted by molar-refractivity contribution is -0.122. The molecule has 1 amide bonds. The molecule has 0 spiro atoms. The normalized spacial score (nSPS) is 15.0. The number of nitrogens with two attached hydrogens (primary N) is 1. The zero-order valence-corrected chi connectivity index (χ0v) is 15.5. The molecule has 2 N–H and O–H groups in total. The van der Waals surface area contributed by atoms with Crippen LogP contribution < -0.4 is 15.4 Å². The highest BCUT2D eigenvalue weighted by molar-refractivity contribution is 5.86. The van der Waals surface area contributed by atoms with Crippen LogP contribution in [0.15, 0.2) is 54.6 Å². The summed E-state index contributed by atoms with van der Waals surface area (Å²) >= 11 is 0. The molecule has 28 heavy (non-hydrogen) atoms. The van der Waals surface area contributed by atoms with E-state index in [9.17, 15) is 9.18 Å². The zero-order valence-electron chi connectivity index (χ0n) is 15.5. The summed E-state index contributed by atoms with van der Waals surface area (Å²) in [5.74, 6) is 0.965. The molecule has 0 unspecified atom stereocenters. The number of benzene rings is 2. The van der Waals surface area contributed by atoms with Crippen molar-refractivity contribution in [3.63, 3.8) is 0 Å². The molecule has 144 valence electrons. The summed E-state index contributed by atoms with van der Waals surface area (Å²) in [6, 6.07) is 16.2. The number of carbonyl (C=O) groups excluding carboxylic acids is 1. The molecule has 0 radical (unpaired) electrons. The molecule has 1 aliphatic rings. The lowest BCUT2D eigenvalue weighted by Gasteiger charge is -2.31. The highest BCUT2D eigenvalue weighted by Gasteiger charge is 2.24. The van der Waals surface area contributed by atoms with Gasteiger partial charge in [-0.15, -0.1) is 0 Å². The van der Waals surface area contributed by atoms with E-state index in [1.165, 1.54) is 12.1 Å². The molecular weight excluding hydrogens is 357 g/mol. The average Bonchev–Trinajstić information content (AvgIpc) is 2.72. The molecule has 0 bridgehead atoms. The first kappa shape index (κ1) is 18.2. The van der Waals surface area contributed by atoms with Crippen molar-refractivity contribution in [3.05, 3.63) is 66.0 Å². The number of aromatic nitrogens is 1. The van der Waals surface area contributed by atoms with Gasteiger partial charge in [0.25, 0.3) is 0 Å². The van der Waals surface area contributed by atoms with E-state index < -0.39 is 0 Å². The van der Waals surface area contributed by atoms with Crippen LogP contribution >= 0.6 is 0 Å². The highest BCUT2D eigenvalue weighted by atomic mass is 19.1. The molecule has 5 nitrogen and oxygen atoms in total. The van der Waals surface area contributed by atoms with E-state index in [1.807, 2.05) is 36.4 Å². The van der Waals surface area contributed by atoms with Gasteiger partial charge in [-0.2, -0.15) is 0 Å². The Kier molecular flexibility index (Phi) is 5.10. The van der Waals surface area contributed by atoms with Crippen LogP contribution in [0.1, 0.15) is 18.4 Å². The number of halogens is 1. The first-order valence-corrected chi connectivity index (χ1v) is 9.41. The number of anilines is 1. The Morgan fingerprint density at radius 1 is 1.14 bits per heavy atom. The van der Waals surface area contributed by atoms with E-state index in [0.29, 0.717) is 5.75 Å². The van der Waals surface area contributed by atoms with Crippen molar-refractivity contribution < 1.29 is 13.9 Å². The maximum atomic E-state index is 13.4.